The maximum atomic E-state index is 14.0. The predicted molar refractivity (Wildman–Crippen MR) is 131 cm³/mol. The number of carbonyl (C=O) groups excluding carboxylic acids is 1. The zero-order valence-corrected chi connectivity index (χ0v) is 20.2. The molecule has 0 spiro atoms. The van der Waals surface area contributed by atoms with Crippen LogP contribution in [0.1, 0.15) is 21.6 Å². The van der Waals surface area contributed by atoms with E-state index in [-0.39, 0.29) is 24.1 Å². The quantitative estimate of drug-likeness (QED) is 0.391. The van der Waals surface area contributed by atoms with Crippen molar-refractivity contribution < 1.29 is 14.3 Å². The molecule has 1 amide bonds. The summed E-state index contributed by atoms with van der Waals surface area (Å²) >= 11 is 12.3. The zero-order valence-electron chi connectivity index (χ0n) is 18.7. The fraction of sp³-hybridized carbons (Fsp3) is 0.208. The molecule has 1 aliphatic rings. The van der Waals surface area contributed by atoms with Gasteiger partial charge in [-0.2, -0.15) is 5.10 Å². The number of aryl methyl sites for hydroxylation is 1. The van der Waals surface area contributed by atoms with Crippen LogP contribution in [0, 0.1) is 5.82 Å². The van der Waals surface area contributed by atoms with Crippen LogP contribution in [0.25, 0.3) is 11.1 Å². The van der Waals surface area contributed by atoms with Crippen LogP contribution in [0.2, 0.25) is 10.0 Å². The van der Waals surface area contributed by atoms with Gasteiger partial charge in [0.1, 0.15) is 23.1 Å². The smallest absolute Gasteiger partial charge is 0.270 e. The number of aromatic nitrogens is 4. The summed E-state index contributed by atoms with van der Waals surface area (Å²) in [5.74, 6) is 0.581. The molecule has 8 nitrogen and oxygen atoms in total. The monoisotopic (exact) mass is 514 g/mol. The predicted octanol–water partition coefficient (Wildman–Crippen LogP) is 4.62. The lowest BCUT2D eigenvalue weighted by Crippen LogP contribution is -2.39. The van der Waals surface area contributed by atoms with Crippen LogP contribution in [-0.2, 0) is 26.7 Å². The average Bonchev–Trinajstić information content (AvgIpc) is 3.45. The second kappa shape index (κ2) is 9.33. The molecule has 0 aliphatic carbocycles. The molecule has 0 fully saturated rings. The maximum absolute atomic E-state index is 14.0. The van der Waals surface area contributed by atoms with Gasteiger partial charge in [0, 0.05) is 56.3 Å². The minimum atomic E-state index is -0.586. The third-order valence-electron chi connectivity index (χ3n) is 6.03. The number of hydrogen-bond donors (Lipinski definition) is 2. The van der Waals surface area contributed by atoms with Crippen molar-refractivity contribution in [1.29, 1.82) is 0 Å². The molecule has 0 radical (unpaired) electrons. The highest BCUT2D eigenvalue weighted by molar-refractivity contribution is 6.33. The number of nitrogens with zero attached hydrogens (tertiary/aromatic N) is 5. The van der Waals surface area contributed by atoms with E-state index in [1.54, 1.807) is 28.0 Å². The number of halogens is 3. The second-order valence-corrected chi connectivity index (χ2v) is 9.06. The largest absolute Gasteiger partial charge is 0.392 e. The highest BCUT2D eigenvalue weighted by Crippen LogP contribution is 2.33. The van der Waals surface area contributed by atoms with E-state index >= 15 is 0 Å². The molecule has 5 rings (SSSR count). The van der Waals surface area contributed by atoms with Gasteiger partial charge in [-0.1, -0.05) is 23.2 Å². The van der Waals surface area contributed by atoms with Gasteiger partial charge in [0.15, 0.2) is 0 Å². The number of aliphatic hydroxyl groups excluding tert-OH is 1. The van der Waals surface area contributed by atoms with Gasteiger partial charge in [0.05, 0.1) is 22.8 Å². The van der Waals surface area contributed by atoms with E-state index in [2.05, 4.69) is 15.4 Å². The molecule has 1 aromatic carbocycles. The van der Waals surface area contributed by atoms with E-state index in [0.29, 0.717) is 40.8 Å². The molecule has 11 heteroatoms. The van der Waals surface area contributed by atoms with Crippen LogP contribution >= 0.6 is 23.2 Å². The normalized spacial score (nSPS) is 13.3. The van der Waals surface area contributed by atoms with E-state index < -0.39 is 5.82 Å². The minimum Gasteiger partial charge on any atom is -0.392 e. The van der Waals surface area contributed by atoms with Gasteiger partial charge in [0.2, 0.25) is 0 Å². The Morgan fingerprint density at radius 2 is 1.97 bits per heavy atom. The number of benzene rings is 1. The number of pyridine rings is 1. The van der Waals surface area contributed by atoms with E-state index in [4.69, 9.17) is 23.2 Å². The Morgan fingerprint density at radius 1 is 1.14 bits per heavy atom. The van der Waals surface area contributed by atoms with Crippen molar-refractivity contribution >= 4 is 40.7 Å². The molecule has 1 aliphatic heterocycles. The molecule has 0 saturated heterocycles. The fourth-order valence-corrected chi connectivity index (χ4v) is 4.55. The van der Waals surface area contributed by atoms with E-state index in [9.17, 15) is 14.3 Å². The Kier molecular flexibility index (Phi) is 6.22. The number of rotatable bonds is 6. The summed E-state index contributed by atoms with van der Waals surface area (Å²) in [7, 11) is 1.82. The molecule has 4 aromatic rings. The molecule has 180 valence electrons. The van der Waals surface area contributed by atoms with Gasteiger partial charge >= 0.3 is 0 Å². The second-order valence-electron chi connectivity index (χ2n) is 8.24. The van der Waals surface area contributed by atoms with Crippen LogP contribution < -0.4 is 5.32 Å². The summed E-state index contributed by atoms with van der Waals surface area (Å²) in [6.45, 7) is 0.868. The third-order valence-corrected chi connectivity index (χ3v) is 6.62. The molecule has 0 unspecified atom stereocenters. The van der Waals surface area contributed by atoms with Crippen molar-refractivity contribution in [1.82, 2.24) is 24.2 Å². The molecule has 4 heterocycles. The van der Waals surface area contributed by atoms with Crippen LogP contribution in [0.3, 0.4) is 0 Å². The Balaban J connectivity index is 1.41. The topological polar surface area (TPSA) is 88.2 Å². The van der Waals surface area contributed by atoms with Crippen LogP contribution in [0.4, 0.5) is 16.0 Å². The molecule has 3 aromatic heterocycles. The average molecular weight is 515 g/mol. The van der Waals surface area contributed by atoms with E-state index in [1.165, 1.54) is 12.1 Å². The first-order valence-corrected chi connectivity index (χ1v) is 11.6. The Labute approximate surface area is 210 Å². The number of amides is 1. The lowest BCUT2D eigenvalue weighted by Gasteiger charge is -2.29. The summed E-state index contributed by atoms with van der Waals surface area (Å²) in [6, 6.07) is 8.11. The molecule has 2 N–H and O–H groups in total. The first-order valence-electron chi connectivity index (χ1n) is 10.8. The van der Waals surface area contributed by atoms with E-state index in [1.807, 2.05) is 29.9 Å². The summed E-state index contributed by atoms with van der Waals surface area (Å²) in [5.41, 5.74) is 3.02. The molecule has 35 heavy (non-hydrogen) atoms. The van der Waals surface area contributed by atoms with Crippen molar-refractivity contribution in [3.05, 3.63) is 81.6 Å². The maximum Gasteiger partial charge on any atom is 0.270 e. The first-order chi connectivity index (χ1) is 16.8. The number of anilines is 2. The van der Waals surface area contributed by atoms with Crippen LogP contribution in [0.15, 0.2) is 48.9 Å². The molecular weight excluding hydrogens is 494 g/mol. The SMILES string of the molecule is Cn1nccc1Nc1cc(-c2cc3n(c2)CCN(Cc2cc(F)c(Cl)cc2CO)C3=O)c(Cl)cn1. The number of nitrogens with one attached hydrogen (secondary N) is 1. The molecule has 0 atom stereocenters. The van der Waals surface area contributed by atoms with Gasteiger partial charge in [-0.25, -0.2) is 9.37 Å². The molecule has 0 bridgehead atoms. The Morgan fingerprint density at radius 3 is 2.71 bits per heavy atom. The van der Waals surface area contributed by atoms with Gasteiger partial charge in [-0.15, -0.1) is 0 Å². The first kappa shape index (κ1) is 23.3. The summed E-state index contributed by atoms with van der Waals surface area (Å²) in [5, 5.41) is 17.4. The highest BCUT2D eigenvalue weighted by Gasteiger charge is 2.27. The van der Waals surface area contributed by atoms with Crippen molar-refractivity contribution in [3.8, 4) is 11.1 Å². The summed E-state index contributed by atoms with van der Waals surface area (Å²) in [4.78, 5) is 19.2. The van der Waals surface area contributed by atoms with Gasteiger partial charge in [-0.05, 0) is 35.4 Å². The van der Waals surface area contributed by atoms with Crippen LogP contribution in [-0.4, -0.2) is 41.8 Å². The van der Waals surface area contributed by atoms with Gasteiger partial charge in [-0.3, -0.25) is 9.48 Å². The molecular formula is C24H21Cl2FN6O2. The fourth-order valence-electron chi connectivity index (χ4n) is 4.15. The lowest BCUT2D eigenvalue weighted by molar-refractivity contribution is 0.0689. The Bertz CT molecular complexity index is 1430. The summed E-state index contributed by atoms with van der Waals surface area (Å²) in [6.07, 6.45) is 5.13. The molecule has 0 saturated carbocycles. The highest BCUT2D eigenvalue weighted by atomic mass is 35.5. The number of fused-ring (bicyclic) bond motifs is 1. The van der Waals surface area contributed by atoms with E-state index in [0.717, 1.165) is 16.9 Å². The van der Waals surface area contributed by atoms with Gasteiger partial charge < -0.3 is 19.9 Å². The minimum absolute atomic E-state index is 0.0622. The standard InChI is InChI=1S/C24H21Cl2FN6O2/c1-31-23(2-3-29-31)30-22-9-17(19(26)10-28-22)15-8-21-24(35)33(5-4-32(21)12-15)11-14-7-20(27)18(25)6-16(14)13-34/h2-3,6-10,12,34H,4-5,11,13H2,1H3,(H,28,30). The van der Waals surface area contributed by atoms with Crippen molar-refractivity contribution in [2.24, 2.45) is 7.05 Å². The van der Waals surface area contributed by atoms with Crippen LogP contribution in [0.5, 0.6) is 0 Å². The van der Waals surface area contributed by atoms with Gasteiger partial charge in [0.25, 0.3) is 5.91 Å². The number of hydrogen-bond acceptors (Lipinski definition) is 5. The third kappa shape index (κ3) is 4.50. The summed E-state index contributed by atoms with van der Waals surface area (Å²) < 4.78 is 17.6. The van der Waals surface area contributed by atoms with Crippen molar-refractivity contribution in [2.75, 3.05) is 11.9 Å². The number of aliphatic hydroxyl groups is 1. The van der Waals surface area contributed by atoms with Crippen molar-refractivity contribution in [3.63, 3.8) is 0 Å². The number of carbonyl (C=O) groups is 1. The van der Waals surface area contributed by atoms with Crippen molar-refractivity contribution in [2.45, 2.75) is 19.7 Å². The lowest BCUT2D eigenvalue weighted by atomic mass is 10.1. The Hall–Kier alpha value is -3.40. The zero-order chi connectivity index (χ0) is 24.7.